The lowest BCUT2D eigenvalue weighted by Crippen LogP contribution is -2.22. The number of aromatic nitrogens is 1. The van der Waals surface area contributed by atoms with E-state index in [0.29, 0.717) is 24.1 Å². The molecule has 130 valence electrons. The number of para-hydroxylation sites is 1. The number of amides is 2. The van der Waals surface area contributed by atoms with Crippen molar-refractivity contribution in [1.82, 2.24) is 9.88 Å². The Kier molecular flexibility index (Phi) is 4.14. The number of hydrogen-bond acceptors (Lipinski definition) is 3. The van der Waals surface area contributed by atoms with Crippen LogP contribution in [0.1, 0.15) is 17.5 Å². The molecule has 0 aliphatic carbocycles. The zero-order valence-corrected chi connectivity index (χ0v) is 14.1. The van der Waals surface area contributed by atoms with Gasteiger partial charge in [0.05, 0.1) is 11.1 Å². The topological polar surface area (TPSA) is 71.3 Å². The number of benzene rings is 2. The highest BCUT2D eigenvalue weighted by molar-refractivity contribution is 6.50. The number of imide groups is 1. The molecule has 2 heterocycles. The molecule has 26 heavy (non-hydrogen) atoms. The molecular weight excluding hydrogens is 328 g/mol. The zero-order chi connectivity index (χ0) is 18.1. The van der Waals surface area contributed by atoms with E-state index >= 15 is 0 Å². The van der Waals surface area contributed by atoms with Crippen LogP contribution in [0.15, 0.2) is 60.8 Å². The first-order chi connectivity index (χ1) is 12.7. The van der Waals surface area contributed by atoms with Crippen LogP contribution >= 0.6 is 0 Å². The molecule has 0 fully saturated rings. The van der Waals surface area contributed by atoms with E-state index < -0.39 is 0 Å². The van der Waals surface area contributed by atoms with Crippen molar-refractivity contribution in [2.75, 3.05) is 6.61 Å². The Balaban J connectivity index is 1.97. The van der Waals surface area contributed by atoms with Crippen LogP contribution in [0.2, 0.25) is 0 Å². The average Bonchev–Trinajstić information content (AvgIpc) is 3.17. The third kappa shape index (κ3) is 2.62. The number of hydrogen-bond donors (Lipinski definition) is 2. The molecule has 1 aliphatic rings. The molecule has 2 amide bonds. The van der Waals surface area contributed by atoms with Crippen molar-refractivity contribution >= 4 is 33.9 Å². The van der Waals surface area contributed by atoms with Crippen molar-refractivity contribution in [2.45, 2.75) is 13.0 Å². The zero-order valence-electron chi connectivity index (χ0n) is 14.1. The molecule has 1 aromatic heterocycles. The quantitative estimate of drug-likeness (QED) is 0.698. The van der Waals surface area contributed by atoms with Crippen molar-refractivity contribution in [3.63, 3.8) is 0 Å². The van der Waals surface area contributed by atoms with Gasteiger partial charge in [-0.2, -0.15) is 0 Å². The van der Waals surface area contributed by atoms with Gasteiger partial charge in [0.1, 0.15) is 0 Å². The number of nitrogens with one attached hydrogen (secondary N) is 1. The number of rotatable bonds is 5. The lowest BCUT2D eigenvalue weighted by molar-refractivity contribution is -0.122. The van der Waals surface area contributed by atoms with Gasteiger partial charge in [-0.15, -0.1) is 0 Å². The Labute approximate surface area is 150 Å². The van der Waals surface area contributed by atoms with Crippen molar-refractivity contribution in [2.24, 2.45) is 0 Å². The summed E-state index contributed by atoms with van der Waals surface area (Å²) in [5.74, 6) is -0.748. The van der Waals surface area contributed by atoms with E-state index in [-0.39, 0.29) is 18.4 Å². The normalized spacial score (nSPS) is 14.3. The first-order valence-electron chi connectivity index (χ1n) is 8.55. The minimum absolute atomic E-state index is 0.0960. The van der Waals surface area contributed by atoms with Gasteiger partial charge in [0.2, 0.25) is 0 Å². The maximum atomic E-state index is 12.6. The van der Waals surface area contributed by atoms with E-state index in [2.05, 4.69) is 5.32 Å². The van der Waals surface area contributed by atoms with Gasteiger partial charge in [-0.05, 0) is 18.1 Å². The summed E-state index contributed by atoms with van der Waals surface area (Å²) in [5.41, 5.74) is 3.24. The van der Waals surface area contributed by atoms with E-state index in [9.17, 15) is 9.59 Å². The molecule has 0 bridgehead atoms. The predicted molar refractivity (Wildman–Crippen MR) is 100 cm³/mol. The van der Waals surface area contributed by atoms with Crippen LogP contribution in [0.4, 0.5) is 0 Å². The fourth-order valence-corrected chi connectivity index (χ4v) is 3.46. The molecule has 0 unspecified atom stereocenters. The summed E-state index contributed by atoms with van der Waals surface area (Å²) in [4.78, 5) is 25.1. The maximum Gasteiger partial charge on any atom is 0.259 e. The number of fused-ring (bicyclic) bond motifs is 1. The van der Waals surface area contributed by atoms with Crippen LogP contribution in [-0.4, -0.2) is 28.1 Å². The van der Waals surface area contributed by atoms with E-state index in [1.54, 1.807) is 0 Å². The van der Waals surface area contributed by atoms with Crippen molar-refractivity contribution in [3.8, 4) is 0 Å². The predicted octanol–water partition coefficient (Wildman–Crippen LogP) is 2.59. The summed E-state index contributed by atoms with van der Waals surface area (Å²) in [6.07, 6.45) is 2.52. The summed E-state index contributed by atoms with van der Waals surface area (Å²) in [7, 11) is 0. The second kappa shape index (κ2) is 6.61. The smallest absolute Gasteiger partial charge is 0.259 e. The first-order valence-corrected chi connectivity index (χ1v) is 8.55. The van der Waals surface area contributed by atoms with Crippen molar-refractivity contribution in [3.05, 3.63) is 71.9 Å². The molecule has 0 saturated heterocycles. The monoisotopic (exact) mass is 346 g/mol. The third-order valence-corrected chi connectivity index (χ3v) is 4.61. The molecule has 5 nitrogen and oxygen atoms in total. The molecule has 4 rings (SSSR count). The van der Waals surface area contributed by atoms with Gasteiger partial charge in [0.15, 0.2) is 0 Å². The Bertz CT molecular complexity index is 1030. The summed E-state index contributed by atoms with van der Waals surface area (Å²) in [6, 6.07) is 17.0. The number of carbonyl (C=O) groups is 2. The highest BCUT2D eigenvalue weighted by Gasteiger charge is 2.33. The third-order valence-electron chi connectivity index (χ3n) is 4.61. The Morgan fingerprint density at radius 1 is 0.885 bits per heavy atom. The van der Waals surface area contributed by atoms with Crippen molar-refractivity contribution in [1.29, 1.82) is 0 Å². The van der Waals surface area contributed by atoms with Gasteiger partial charge >= 0.3 is 0 Å². The van der Waals surface area contributed by atoms with E-state index in [0.717, 1.165) is 22.0 Å². The molecule has 2 N–H and O–H groups in total. The minimum Gasteiger partial charge on any atom is -0.396 e. The SMILES string of the molecule is O=C1NC(=O)C(c2cn(CCCO)c3ccccc23)=C1c1ccccc1. The molecule has 0 saturated carbocycles. The summed E-state index contributed by atoms with van der Waals surface area (Å²) in [6.45, 7) is 0.735. The van der Waals surface area contributed by atoms with Gasteiger partial charge < -0.3 is 9.67 Å². The van der Waals surface area contributed by atoms with E-state index in [1.165, 1.54) is 0 Å². The van der Waals surface area contributed by atoms with Crippen LogP contribution in [0.3, 0.4) is 0 Å². The number of aliphatic hydroxyl groups is 1. The van der Waals surface area contributed by atoms with Crippen molar-refractivity contribution < 1.29 is 14.7 Å². The van der Waals surface area contributed by atoms with Gasteiger partial charge in [-0.1, -0.05) is 48.5 Å². The lowest BCUT2D eigenvalue weighted by Gasteiger charge is -2.03. The highest BCUT2D eigenvalue weighted by Crippen LogP contribution is 2.35. The maximum absolute atomic E-state index is 12.6. The van der Waals surface area contributed by atoms with Crippen LogP contribution in [0.25, 0.3) is 22.0 Å². The van der Waals surface area contributed by atoms with Gasteiger partial charge in [-0.25, -0.2) is 0 Å². The Morgan fingerprint density at radius 3 is 2.35 bits per heavy atom. The van der Waals surface area contributed by atoms with Crippen LogP contribution in [-0.2, 0) is 16.1 Å². The number of aryl methyl sites for hydroxylation is 1. The second-order valence-corrected chi connectivity index (χ2v) is 6.23. The van der Waals surface area contributed by atoms with Crippen LogP contribution in [0, 0.1) is 0 Å². The summed E-state index contributed by atoms with van der Waals surface area (Å²) in [5, 5.41) is 12.5. The van der Waals surface area contributed by atoms with E-state index in [4.69, 9.17) is 5.11 Å². The summed E-state index contributed by atoms with van der Waals surface area (Å²) >= 11 is 0. The number of aliphatic hydroxyl groups excluding tert-OH is 1. The van der Waals surface area contributed by atoms with Crippen LogP contribution in [0.5, 0.6) is 0 Å². The standard InChI is InChI=1S/C21H18N2O3/c24-12-6-11-23-13-16(15-9-4-5-10-17(15)23)19-18(20(25)22-21(19)26)14-7-2-1-3-8-14/h1-5,7-10,13,24H,6,11-12H2,(H,22,25,26). The number of carbonyl (C=O) groups excluding carboxylic acids is 2. The molecule has 1 aliphatic heterocycles. The molecule has 2 aromatic carbocycles. The van der Waals surface area contributed by atoms with Gasteiger partial charge in [0, 0.05) is 35.8 Å². The van der Waals surface area contributed by atoms with Gasteiger partial charge in [0.25, 0.3) is 11.8 Å². The second-order valence-electron chi connectivity index (χ2n) is 6.23. The minimum atomic E-state index is -0.376. The Morgan fingerprint density at radius 2 is 1.58 bits per heavy atom. The highest BCUT2D eigenvalue weighted by atomic mass is 16.3. The van der Waals surface area contributed by atoms with Gasteiger partial charge in [-0.3, -0.25) is 14.9 Å². The van der Waals surface area contributed by atoms with E-state index in [1.807, 2.05) is 65.4 Å². The molecule has 0 spiro atoms. The molecule has 5 heteroatoms. The lowest BCUT2D eigenvalue weighted by atomic mass is 9.96. The van der Waals surface area contributed by atoms with Crippen LogP contribution < -0.4 is 5.32 Å². The largest absolute Gasteiger partial charge is 0.396 e. The first kappa shape index (κ1) is 16.3. The molecule has 0 atom stereocenters. The molecular formula is C21H18N2O3. The molecule has 0 radical (unpaired) electrons. The summed E-state index contributed by atoms with van der Waals surface area (Å²) < 4.78 is 2.02. The molecule has 3 aromatic rings. The fourth-order valence-electron chi connectivity index (χ4n) is 3.46. The Hall–Kier alpha value is -3.18. The fraction of sp³-hybridized carbons (Fsp3) is 0.143. The number of nitrogens with zero attached hydrogens (tertiary/aromatic N) is 1. The average molecular weight is 346 g/mol.